The van der Waals surface area contributed by atoms with Crippen LogP contribution in [-0.2, 0) is 22.7 Å². The Morgan fingerprint density at radius 2 is 1.43 bits per heavy atom. The second-order valence-corrected chi connectivity index (χ2v) is 11.0. The van der Waals surface area contributed by atoms with Gasteiger partial charge in [0.1, 0.15) is 6.04 Å². The largest absolute Gasteiger partial charge is 0.297 e. The van der Waals surface area contributed by atoms with Crippen molar-refractivity contribution in [3.8, 4) is 11.1 Å². The first kappa shape index (κ1) is 26.4. The quantitative estimate of drug-likeness (QED) is 0.465. The first-order valence-electron chi connectivity index (χ1n) is 13.5. The Kier molecular flexibility index (Phi) is 7.23. The van der Waals surface area contributed by atoms with Crippen LogP contribution < -0.4 is 5.32 Å². The fourth-order valence-electron chi connectivity index (χ4n) is 5.79. The van der Waals surface area contributed by atoms with Crippen LogP contribution in [0.25, 0.3) is 11.1 Å². The van der Waals surface area contributed by atoms with E-state index in [1.165, 1.54) is 11.1 Å². The van der Waals surface area contributed by atoms with E-state index < -0.39 is 23.8 Å². The number of carbonyl (C=O) groups is 4. The Balaban J connectivity index is 1.08. The lowest BCUT2D eigenvalue weighted by atomic mass is 9.99. The summed E-state index contributed by atoms with van der Waals surface area (Å²) < 4.78 is 0. The summed E-state index contributed by atoms with van der Waals surface area (Å²) in [5.74, 6) is -1.93. The van der Waals surface area contributed by atoms with Gasteiger partial charge in [-0.1, -0.05) is 54.1 Å². The van der Waals surface area contributed by atoms with Crippen molar-refractivity contribution in [2.75, 3.05) is 26.2 Å². The normalized spacial score (nSPS) is 20.1. The first-order chi connectivity index (χ1) is 19.4. The van der Waals surface area contributed by atoms with Crippen LogP contribution in [0.1, 0.15) is 44.7 Å². The zero-order valence-electron chi connectivity index (χ0n) is 21.9. The Labute approximate surface area is 237 Å². The maximum absolute atomic E-state index is 13.2. The number of carbonyl (C=O) groups excluding carboxylic acids is 4. The van der Waals surface area contributed by atoms with Crippen LogP contribution in [0.3, 0.4) is 0 Å². The molecule has 3 aliphatic rings. The zero-order chi connectivity index (χ0) is 27.8. The Hall–Kier alpha value is -3.85. The van der Waals surface area contributed by atoms with E-state index in [1.807, 2.05) is 18.2 Å². The molecule has 0 spiro atoms. The Morgan fingerprint density at radius 1 is 0.750 bits per heavy atom. The average Bonchev–Trinajstić information content (AvgIpc) is 3.19. The molecule has 2 fully saturated rings. The van der Waals surface area contributed by atoms with E-state index in [9.17, 15) is 19.2 Å². The minimum Gasteiger partial charge on any atom is -0.297 e. The number of hydrogen-bond acceptors (Lipinski definition) is 6. The summed E-state index contributed by atoms with van der Waals surface area (Å²) in [6, 6.07) is 20.8. The number of piperazine rings is 1. The third-order valence-electron chi connectivity index (χ3n) is 7.94. The van der Waals surface area contributed by atoms with Gasteiger partial charge in [-0.15, -0.1) is 0 Å². The van der Waals surface area contributed by atoms with Gasteiger partial charge in [-0.05, 0) is 52.9 Å². The monoisotopic (exact) mass is 556 g/mol. The van der Waals surface area contributed by atoms with Crippen molar-refractivity contribution >= 4 is 35.2 Å². The van der Waals surface area contributed by atoms with Crippen molar-refractivity contribution in [1.29, 1.82) is 0 Å². The second kappa shape index (κ2) is 11.0. The van der Waals surface area contributed by atoms with Crippen LogP contribution in [0, 0.1) is 0 Å². The number of amides is 4. The molecule has 1 atom stereocenters. The topological polar surface area (TPSA) is 90.0 Å². The lowest BCUT2D eigenvalue weighted by molar-refractivity contribution is -0.136. The van der Waals surface area contributed by atoms with E-state index in [2.05, 4.69) is 51.5 Å². The third-order valence-corrected chi connectivity index (χ3v) is 8.19. The molecule has 0 bridgehead atoms. The van der Waals surface area contributed by atoms with Gasteiger partial charge in [0.25, 0.3) is 11.8 Å². The van der Waals surface area contributed by atoms with E-state index in [-0.39, 0.29) is 18.7 Å². The van der Waals surface area contributed by atoms with Crippen LogP contribution in [-0.4, -0.2) is 70.5 Å². The summed E-state index contributed by atoms with van der Waals surface area (Å²) >= 11 is 6.08. The average molecular weight is 557 g/mol. The Bertz CT molecular complexity index is 1500. The molecule has 3 aliphatic heterocycles. The van der Waals surface area contributed by atoms with Gasteiger partial charge < -0.3 is 0 Å². The van der Waals surface area contributed by atoms with Gasteiger partial charge >= 0.3 is 0 Å². The summed E-state index contributed by atoms with van der Waals surface area (Å²) in [6.45, 7) is 5.13. The van der Waals surface area contributed by atoms with Gasteiger partial charge in [0.15, 0.2) is 0 Å². The molecule has 0 aliphatic carbocycles. The molecule has 3 heterocycles. The molecule has 9 heteroatoms. The van der Waals surface area contributed by atoms with Crippen LogP contribution in [0.2, 0.25) is 5.02 Å². The molecule has 40 heavy (non-hydrogen) atoms. The summed E-state index contributed by atoms with van der Waals surface area (Å²) in [4.78, 5) is 55.8. The van der Waals surface area contributed by atoms with E-state index in [0.717, 1.165) is 53.8 Å². The predicted octanol–water partition coefficient (Wildman–Crippen LogP) is 3.73. The molecule has 3 aromatic rings. The van der Waals surface area contributed by atoms with Crippen molar-refractivity contribution < 1.29 is 19.2 Å². The van der Waals surface area contributed by atoms with Crippen LogP contribution in [0.15, 0.2) is 66.7 Å². The van der Waals surface area contributed by atoms with E-state index >= 15 is 0 Å². The third kappa shape index (κ3) is 5.18. The minimum atomic E-state index is -0.952. The van der Waals surface area contributed by atoms with Gasteiger partial charge in [0.05, 0.1) is 11.1 Å². The highest BCUT2D eigenvalue weighted by Crippen LogP contribution is 2.29. The highest BCUT2D eigenvalue weighted by atomic mass is 35.5. The summed E-state index contributed by atoms with van der Waals surface area (Å²) in [7, 11) is 0. The van der Waals surface area contributed by atoms with Crippen LogP contribution in [0.4, 0.5) is 0 Å². The van der Waals surface area contributed by atoms with E-state index in [4.69, 9.17) is 11.6 Å². The molecule has 0 saturated carbocycles. The number of piperidine rings is 1. The van der Waals surface area contributed by atoms with Crippen LogP contribution >= 0.6 is 11.6 Å². The number of nitrogens with one attached hydrogen (secondary N) is 1. The molecule has 4 amide bonds. The van der Waals surface area contributed by atoms with Gasteiger partial charge in [0, 0.05) is 50.7 Å². The lowest BCUT2D eigenvalue weighted by Crippen LogP contribution is -2.54. The van der Waals surface area contributed by atoms with E-state index in [1.54, 1.807) is 12.1 Å². The van der Waals surface area contributed by atoms with Crippen LogP contribution in [0.5, 0.6) is 0 Å². The number of halogens is 1. The molecule has 204 valence electrons. The van der Waals surface area contributed by atoms with E-state index in [0.29, 0.717) is 17.7 Å². The number of imide groups is 2. The lowest BCUT2D eigenvalue weighted by Gasteiger charge is -2.35. The SMILES string of the molecule is O=C1CCC(N2C(=O)c3ccc(CN4CCN(Cc5ccccc5-c5ccc(Cl)cc5)CC4)cc3C2=O)C(=O)N1. The van der Waals surface area contributed by atoms with Crippen molar-refractivity contribution in [1.82, 2.24) is 20.0 Å². The molecule has 0 radical (unpaired) electrons. The van der Waals surface area contributed by atoms with Gasteiger partial charge in [-0.2, -0.15) is 0 Å². The number of nitrogens with zero attached hydrogens (tertiary/aromatic N) is 3. The maximum Gasteiger partial charge on any atom is 0.262 e. The van der Waals surface area contributed by atoms with Crippen molar-refractivity contribution in [3.05, 3.63) is 94.0 Å². The van der Waals surface area contributed by atoms with Crippen molar-refractivity contribution in [2.24, 2.45) is 0 Å². The fourth-order valence-corrected chi connectivity index (χ4v) is 5.92. The first-order valence-corrected chi connectivity index (χ1v) is 13.9. The molecule has 1 unspecified atom stereocenters. The fraction of sp³-hybridized carbons (Fsp3) is 0.290. The second-order valence-electron chi connectivity index (χ2n) is 10.5. The number of rotatable bonds is 6. The molecular formula is C31H29ClN4O4. The molecule has 6 rings (SSSR count). The standard InChI is InChI=1S/C31H29ClN4O4/c32-23-8-6-21(7-9-23)24-4-2-1-3-22(24)19-35-15-13-34(14-16-35)18-20-5-10-25-26(17-20)31(40)36(30(25)39)27-11-12-28(37)33-29(27)38/h1-10,17,27H,11-16,18-19H2,(H,33,37,38). The predicted molar refractivity (Wildman–Crippen MR) is 151 cm³/mol. The molecule has 2 saturated heterocycles. The summed E-state index contributed by atoms with van der Waals surface area (Å²) in [5, 5.41) is 2.96. The summed E-state index contributed by atoms with van der Waals surface area (Å²) in [6.07, 6.45) is 0.255. The van der Waals surface area contributed by atoms with Crippen molar-refractivity contribution in [3.63, 3.8) is 0 Å². The number of benzene rings is 3. The highest BCUT2D eigenvalue weighted by molar-refractivity contribution is 6.30. The van der Waals surface area contributed by atoms with Gasteiger partial charge in [-0.25, -0.2) is 0 Å². The van der Waals surface area contributed by atoms with Gasteiger partial charge in [0.2, 0.25) is 11.8 Å². The summed E-state index contributed by atoms with van der Waals surface area (Å²) in [5.41, 5.74) is 5.23. The van der Waals surface area contributed by atoms with Gasteiger partial charge in [-0.3, -0.25) is 39.2 Å². The molecule has 1 N–H and O–H groups in total. The zero-order valence-corrected chi connectivity index (χ0v) is 22.7. The molecular weight excluding hydrogens is 528 g/mol. The smallest absolute Gasteiger partial charge is 0.262 e. The maximum atomic E-state index is 13.2. The van der Waals surface area contributed by atoms with Crippen molar-refractivity contribution in [2.45, 2.75) is 32.0 Å². The Morgan fingerprint density at radius 3 is 2.15 bits per heavy atom. The number of fused-ring (bicyclic) bond motifs is 1. The number of hydrogen-bond donors (Lipinski definition) is 1. The molecule has 0 aromatic heterocycles. The molecule has 8 nitrogen and oxygen atoms in total. The highest BCUT2D eigenvalue weighted by Gasteiger charge is 2.44. The molecule has 3 aromatic carbocycles. The minimum absolute atomic E-state index is 0.105.